The Morgan fingerprint density at radius 3 is 2.53 bits per heavy atom. The van der Waals surface area contributed by atoms with Gasteiger partial charge in [-0.15, -0.1) is 0 Å². The summed E-state index contributed by atoms with van der Waals surface area (Å²) in [6, 6.07) is 13.1. The van der Waals surface area contributed by atoms with E-state index < -0.39 is 17.7 Å². The van der Waals surface area contributed by atoms with Gasteiger partial charge in [-0.1, -0.05) is 24.8 Å². The minimum atomic E-state index is -0.737. The predicted octanol–water partition coefficient (Wildman–Crippen LogP) is 3.72. The fourth-order valence-corrected chi connectivity index (χ4v) is 3.67. The lowest BCUT2D eigenvalue weighted by Gasteiger charge is -2.25. The molecule has 1 aliphatic rings. The van der Waals surface area contributed by atoms with Crippen molar-refractivity contribution in [3.05, 3.63) is 77.9 Å². The lowest BCUT2D eigenvalue weighted by molar-refractivity contribution is -0.140. The third-order valence-corrected chi connectivity index (χ3v) is 5.19. The van der Waals surface area contributed by atoms with E-state index in [0.29, 0.717) is 48.8 Å². The zero-order valence-electron chi connectivity index (χ0n) is 18.2. The highest BCUT2D eigenvalue weighted by molar-refractivity contribution is 6.46. The maximum Gasteiger partial charge on any atom is 0.295 e. The molecule has 0 bridgehead atoms. The van der Waals surface area contributed by atoms with Gasteiger partial charge in [0.2, 0.25) is 0 Å². The second-order valence-electron chi connectivity index (χ2n) is 7.24. The lowest BCUT2D eigenvalue weighted by Crippen LogP contribution is -2.31. The molecule has 1 N–H and O–H groups in total. The molecule has 0 radical (unpaired) electrons. The van der Waals surface area contributed by atoms with Crippen LogP contribution in [0.25, 0.3) is 5.76 Å². The van der Waals surface area contributed by atoms with Gasteiger partial charge in [0.1, 0.15) is 23.9 Å². The van der Waals surface area contributed by atoms with E-state index in [1.54, 1.807) is 62.8 Å². The number of aliphatic hydroxyl groups is 1. The van der Waals surface area contributed by atoms with E-state index in [-0.39, 0.29) is 11.3 Å². The van der Waals surface area contributed by atoms with Gasteiger partial charge >= 0.3 is 0 Å². The van der Waals surface area contributed by atoms with Crippen LogP contribution in [-0.2, 0) is 14.3 Å². The van der Waals surface area contributed by atoms with Gasteiger partial charge < -0.3 is 24.2 Å². The first kappa shape index (κ1) is 23.1. The van der Waals surface area contributed by atoms with Crippen molar-refractivity contribution >= 4 is 17.4 Å². The van der Waals surface area contributed by atoms with Crippen molar-refractivity contribution in [1.29, 1.82) is 0 Å². The lowest BCUT2D eigenvalue weighted by atomic mass is 9.95. The van der Waals surface area contributed by atoms with Crippen molar-refractivity contribution in [3.8, 4) is 11.5 Å². The Morgan fingerprint density at radius 1 is 1.12 bits per heavy atom. The number of carbonyl (C=O) groups is 2. The second-order valence-corrected chi connectivity index (χ2v) is 7.24. The van der Waals surface area contributed by atoms with E-state index >= 15 is 0 Å². The summed E-state index contributed by atoms with van der Waals surface area (Å²) < 4.78 is 15.9. The molecule has 1 aliphatic heterocycles. The number of aliphatic hydroxyl groups excluding tert-OH is 1. The number of rotatable bonds is 10. The van der Waals surface area contributed by atoms with E-state index in [9.17, 15) is 14.7 Å². The molecule has 1 saturated heterocycles. The molecule has 2 aromatic rings. The van der Waals surface area contributed by atoms with E-state index in [4.69, 9.17) is 14.2 Å². The number of hydrogen-bond acceptors (Lipinski definition) is 6. The molecule has 7 nitrogen and oxygen atoms in total. The molecule has 1 atom stereocenters. The molecule has 0 aliphatic carbocycles. The van der Waals surface area contributed by atoms with Gasteiger partial charge in [-0.25, -0.2) is 0 Å². The predicted molar refractivity (Wildman–Crippen MR) is 121 cm³/mol. The minimum Gasteiger partial charge on any atom is -0.507 e. The quantitative estimate of drug-likeness (QED) is 0.201. The van der Waals surface area contributed by atoms with Gasteiger partial charge in [-0.2, -0.15) is 0 Å². The van der Waals surface area contributed by atoms with Crippen LogP contribution in [0.4, 0.5) is 0 Å². The molecule has 7 heteroatoms. The molecule has 1 amide bonds. The van der Waals surface area contributed by atoms with Crippen LogP contribution in [0.5, 0.6) is 11.5 Å². The summed E-state index contributed by atoms with van der Waals surface area (Å²) in [5.74, 6) is -0.415. The Kier molecular flexibility index (Phi) is 7.68. The fraction of sp³-hybridized carbons (Fsp3) is 0.280. The summed E-state index contributed by atoms with van der Waals surface area (Å²) in [5.41, 5.74) is 1.13. The number of hydrogen-bond donors (Lipinski definition) is 1. The molecule has 2 aromatic carbocycles. The summed E-state index contributed by atoms with van der Waals surface area (Å²) in [5, 5.41) is 11.1. The van der Waals surface area contributed by atoms with Gasteiger partial charge in [0.15, 0.2) is 0 Å². The second kappa shape index (κ2) is 10.6. The fourth-order valence-electron chi connectivity index (χ4n) is 3.67. The van der Waals surface area contributed by atoms with Gasteiger partial charge in [-0.3, -0.25) is 9.59 Å². The highest BCUT2D eigenvalue weighted by atomic mass is 16.5. The summed E-state index contributed by atoms with van der Waals surface area (Å²) in [6.45, 7) is 4.72. The number of Topliss-reactive ketones (excluding diaryl/α,β-unsaturated/α-hetero) is 1. The molecule has 0 spiro atoms. The van der Waals surface area contributed by atoms with E-state index in [2.05, 4.69) is 6.58 Å². The first-order chi connectivity index (χ1) is 15.5. The van der Waals surface area contributed by atoms with Gasteiger partial charge in [-0.05, 0) is 48.4 Å². The van der Waals surface area contributed by atoms with E-state index in [1.165, 1.54) is 4.90 Å². The minimum absolute atomic E-state index is 0.0421. The standard InChI is InChI=1S/C25H27NO6/c1-4-14-32-19-11-9-17(10-12-19)23(27)21-22(18-7-5-8-20(16-18)31-3)26(13-6-15-30-2)25(29)24(21)28/h4-5,7-12,16,22,27H,1,6,13-15H2,2-3H3. The van der Waals surface area contributed by atoms with Crippen molar-refractivity contribution in [2.24, 2.45) is 0 Å². The van der Waals surface area contributed by atoms with Gasteiger partial charge in [0, 0.05) is 25.8 Å². The molecule has 3 rings (SSSR count). The van der Waals surface area contributed by atoms with Crippen LogP contribution in [0.1, 0.15) is 23.6 Å². The Balaban J connectivity index is 2.06. The van der Waals surface area contributed by atoms with Crippen molar-refractivity contribution in [3.63, 3.8) is 0 Å². The maximum atomic E-state index is 13.0. The first-order valence-corrected chi connectivity index (χ1v) is 10.3. The zero-order valence-corrected chi connectivity index (χ0v) is 18.2. The number of ether oxygens (including phenoxy) is 3. The van der Waals surface area contributed by atoms with Gasteiger partial charge in [0.05, 0.1) is 18.7 Å². The number of carbonyl (C=O) groups excluding carboxylic acids is 2. The SMILES string of the molecule is C=CCOc1ccc(C(O)=C2C(=O)C(=O)N(CCCOC)C2c2cccc(OC)c2)cc1. The highest BCUT2D eigenvalue weighted by Gasteiger charge is 2.45. The van der Waals surface area contributed by atoms with Crippen LogP contribution in [0.3, 0.4) is 0 Å². The first-order valence-electron chi connectivity index (χ1n) is 10.3. The van der Waals surface area contributed by atoms with Crippen LogP contribution in [0, 0.1) is 0 Å². The Hall–Kier alpha value is -3.58. The molecule has 1 heterocycles. The number of methoxy groups -OCH3 is 2. The molecular formula is C25H27NO6. The molecular weight excluding hydrogens is 410 g/mol. The summed E-state index contributed by atoms with van der Waals surface area (Å²) in [7, 11) is 3.13. The third-order valence-electron chi connectivity index (χ3n) is 5.19. The van der Waals surface area contributed by atoms with Gasteiger partial charge in [0.25, 0.3) is 11.7 Å². The molecule has 32 heavy (non-hydrogen) atoms. The molecule has 0 saturated carbocycles. The molecule has 168 valence electrons. The summed E-state index contributed by atoms with van der Waals surface area (Å²) in [6.07, 6.45) is 2.19. The summed E-state index contributed by atoms with van der Waals surface area (Å²) in [4.78, 5) is 27.4. The largest absolute Gasteiger partial charge is 0.507 e. The molecule has 0 aromatic heterocycles. The maximum absolute atomic E-state index is 13.0. The third kappa shape index (κ3) is 4.84. The normalized spacial score (nSPS) is 17.4. The highest BCUT2D eigenvalue weighted by Crippen LogP contribution is 2.40. The Bertz CT molecular complexity index is 1010. The van der Waals surface area contributed by atoms with Crippen LogP contribution < -0.4 is 9.47 Å². The average molecular weight is 437 g/mol. The zero-order chi connectivity index (χ0) is 23.1. The number of likely N-dealkylation sites (tertiary alicyclic amines) is 1. The van der Waals surface area contributed by atoms with Crippen molar-refractivity contribution in [1.82, 2.24) is 4.90 Å². The van der Waals surface area contributed by atoms with Crippen LogP contribution in [-0.4, -0.2) is 55.7 Å². The number of amides is 1. The molecule has 1 fully saturated rings. The van der Waals surface area contributed by atoms with E-state index in [1.807, 2.05) is 6.07 Å². The number of nitrogens with zero attached hydrogens (tertiary/aromatic N) is 1. The Labute approximate surface area is 187 Å². The monoisotopic (exact) mass is 437 g/mol. The smallest absolute Gasteiger partial charge is 0.295 e. The summed E-state index contributed by atoms with van der Waals surface area (Å²) >= 11 is 0. The Morgan fingerprint density at radius 2 is 1.88 bits per heavy atom. The van der Waals surface area contributed by atoms with Crippen molar-refractivity contribution in [2.75, 3.05) is 34.0 Å². The topological polar surface area (TPSA) is 85.3 Å². The average Bonchev–Trinajstić information content (AvgIpc) is 3.08. The van der Waals surface area contributed by atoms with Crippen LogP contribution in [0.15, 0.2) is 66.8 Å². The molecule has 1 unspecified atom stereocenters. The number of ketones is 1. The van der Waals surface area contributed by atoms with Crippen LogP contribution in [0.2, 0.25) is 0 Å². The van der Waals surface area contributed by atoms with Crippen LogP contribution >= 0.6 is 0 Å². The van der Waals surface area contributed by atoms with Crippen molar-refractivity contribution in [2.45, 2.75) is 12.5 Å². The van der Waals surface area contributed by atoms with Crippen molar-refractivity contribution < 1.29 is 28.9 Å². The van der Waals surface area contributed by atoms with E-state index in [0.717, 1.165) is 0 Å². The number of benzene rings is 2.